The standard InChI is InChI=1S/C19H20N2/c1-13-7-5-9-15(11-13)17-18(21-19(3,4)20-17)16-10-6-8-14(2)12-16/h5-12H,1-4H3. The average Bonchev–Trinajstić information content (AvgIpc) is 2.75. The van der Waals surface area contributed by atoms with E-state index >= 15 is 0 Å². The van der Waals surface area contributed by atoms with Gasteiger partial charge in [-0.15, -0.1) is 0 Å². The maximum Gasteiger partial charge on any atom is 0.146 e. The third-order valence-corrected chi connectivity index (χ3v) is 3.58. The van der Waals surface area contributed by atoms with Gasteiger partial charge in [0.1, 0.15) is 5.66 Å². The normalized spacial score (nSPS) is 16.6. The Hall–Kier alpha value is -2.22. The lowest BCUT2D eigenvalue weighted by molar-refractivity contribution is 0.567. The Morgan fingerprint density at radius 1 is 0.714 bits per heavy atom. The topological polar surface area (TPSA) is 24.7 Å². The minimum atomic E-state index is -0.391. The van der Waals surface area contributed by atoms with Crippen LogP contribution in [0.15, 0.2) is 58.5 Å². The molecule has 3 rings (SSSR count). The highest BCUT2D eigenvalue weighted by Crippen LogP contribution is 2.25. The second-order valence-electron chi connectivity index (χ2n) is 6.15. The zero-order valence-electron chi connectivity index (χ0n) is 13.0. The molecule has 0 aliphatic carbocycles. The zero-order chi connectivity index (χ0) is 15.0. The van der Waals surface area contributed by atoms with Gasteiger partial charge in [0.15, 0.2) is 0 Å². The summed E-state index contributed by atoms with van der Waals surface area (Å²) >= 11 is 0. The van der Waals surface area contributed by atoms with E-state index in [2.05, 4.69) is 62.4 Å². The molecule has 2 nitrogen and oxygen atoms in total. The van der Waals surface area contributed by atoms with Crippen LogP contribution in [0.2, 0.25) is 0 Å². The first-order valence-corrected chi connectivity index (χ1v) is 7.29. The molecule has 0 saturated heterocycles. The van der Waals surface area contributed by atoms with Crippen LogP contribution in [0, 0.1) is 13.8 Å². The van der Waals surface area contributed by atoms with Gasteiger partial charge < -0.3 is 0 Å². The Morgan fingerprint density at radius 2 is 1.14 bits per heavy atom. The minimum absolute atomic E-state index is 0.391. The summed E-state index contributed by atoms with van der Waals surface area (Å²) in [5, 5.41) is 0. The predicted octanol–water partition coefficient (Wildman–Crippen LogP) is 4.33. The Balaban J connectivity index is 2.13. The number of aliphatic imine (C=N–C) groups is 2. The molecule has 0 fully saturated rings. The van der Waals surface area contributed by atoms with E-state index in [0.717, 1.165) is 22.6 Å². The molecule has 0 amide bonds. The molecule has 0 bridgehead atoms. The van der Waals surface area contributed by atoms with Gasteiger partial charge in [-0.05, 0) is 39.8 Å². The van der Waals surface area contributed by atoms with Crippen LogP contribution in [-0.4, -0.2) is 17.1 Å². The van der Waals surface area contributed by atoms with Crippen LogP contribution in [0.3, 0.4) is 0 Å². The van der Waals surface area contributed by atoms with Crippen LogP contribution in [0.25, 0.3) is 0 Å². The van der Waals surface area contributed by atoms with Gasteiger partial charge in [-0.2, -0.15) is 0 Å². The second-order valence-corrected chi connectivity index (χ2v) is 6.15. The molecule has 0 atom stereocenters. The molecule has 0 saturated carbocycles. The smallest absolute Gasteiger partial charge is 0.146 e. The predicted molar refractivity (Wildman–Crippen MR) is 89.5 cm³/mol. The van der Waals surface area contributed by atoms with Crippen molar-refractivity contribution in [3.8, 4) is 0 Å². The quantitative estimate of drug-likeness (QED) is 0.780. The lowest BCUT2D eigenvalue weighted by Gasteiger charge is -2.07. The lowest BCUT2D eigenvalue weighted by atomic mass is 9.98. The molecular formula is C19H20N2. The summed E-state index contributed by atoms with van der Waals surface area (Å²) in [5.41, 5.74) is 6.36. The number of benzene rings is 2. The highest BCUT2D eigenvalue weighted by atomic mass is 15.1. The van der Waals surface area contributed by atoms with Gasteiger partial charge in [0, 0.05) is 11.1 Å². The molecule has 2 aromatic rings. The molecule has 1 aliphatic heterocycles. The van der Waals surface area contributed by atoms with E-state index in [9.17, 15) is 0 Å². The van der Waals surface area contributed by atoms with Gasteiger partial charge in [0.25, 0.3) is 0 Å². The van der Waals surface area contributed by atoms with Gasteiger partial charge in [-0.1, -0.05) is 47.5 Å². The zero-order valence-corrected chi connectivity index (χ0v) is 13.0. The van der Waals surface area contributed by atoms with Crippen LogP contribution >= 0.6 is 0 Å². The summed E-state index contributed by atoms with van der Waals surface area (Å²) < 4.78 is 0. The molecule has 0 N–H and O–H groups in total. The van der Waals surface area contributed by atoms with Crippen molar-refractivity contribution < 1.29 is 0 Å². The summed E-state index contributed by atoms with van der Waals surface area (Å²) in [7, 11) is 0. The van der Waals surface area contributed by atoms with Crippen molar-refractivity contribution in [2.24, 2.45) is 9.98 Å². The first kappa shape index (κ1) is 13.7. The third kappa shape index (κ3) is 2.80. The summed E-state index contributed by atoms with van der Waals surface area (Å²) in [5.74, 6) is 0. The van der Waals surface area contributed by atoms with Crippen LogP contribution in [0.4, 0.5) is 0 Å². The molecule has 0 radical (unpaired) electrons. The average molecular weight is 276 g/mol. The van der Waals surface area contributed by atoms with Gasteiger partial charge >= 0.3 is 0 Å². The van der Waals surface area contributed by atoms with Crippen molar-refractivity contribution in [2.75, 3.05) is 0 Å². The third-order valence-electron chi connectivity index (χ3n) is 3.58. The lowest BCUT2D eigenvalue weighted by Crippen LogP contribution is -2.14. The molecule has 106 valence electrons. The Bertz CT molecular complexity index is 688. The summed E-state index contributed by atoms with van der Waals surface area (Å²) in [6.07, 6.45) is 0. The fraction of sp³-hybridized carbons (Fsp3) is 0.263. The summed E-state index contributed by atoms with van der Waals surface area (Å²) in [6, 6.07) is 16.9. The van der Waals surface area contributed by atoms with Gasteiger partial charge in [0.2, 0.25) is 0 Å². The molecule has 0 unspecified atom stereocenters. The molecule has 2 heteroatoms. The maximum atomic E-state index is 4.83. The van der Waals surface area contributed by atoms with E-state index in [-0.39, 0.29) is 0 Å². The Labute approximate surface area is 126 Å². The Kier molecular flexibility index (Phi) is 3.25. The van der Waals surface area contributed by atoms with Crippen LogP contribution < -0.4 is 0 Å². The van der Waals surface area contributed by atoms with Crippen molar-refractivity contribution in [1.29, 1.82) is 0 Å². The van der Waals surface area contributed by atoms with E-state index in [1.54, 1.807) is 0 Å². The first-order valence-electron chi connectivity index (χ1n) is 7.29. The Morgan fingerprint density at radius 3 is 1.52 bits per heavy atom. The molecule has 0 spiro atoms. The molecular weight excluding hydrogens is 256 g/mol. The van der Waals surface area contributed by atoms with E-state index < -0.39 is 5.66 Å². The summed E-state index contributed by atoms with van der Waals surface area (Å²) in [4.78, 5) is 9.66. The fourth-order valence-electron chi connectivity index (χ4n) is 2.67. The van der Waals surface area contributed by atoms with Crippen molar-refractivity contribution in [2.45, 2.75) is 33.4 Å². The van der Waals surface area contributed by atoms with Crippen LogP contribution in [0.1, 0.15) is 36.1 Å². The SMILES string of the molecule is Cc1cccc(C2=NC(C)(C)N=C2c2cccc(C)c2)c1. The minimum Gasteiger partial charge on any atom is -0.253 e. The number of rotatable bonds is 2. The first-order chi connectivity index (χ1) is 9.94. The van der Waals surface area contributed by atoms with Crippen molar-refractivity contribution in [1.82, 2.24) is 0 Å². The van der Waals surface area contributed by atoms with Crippen molar-refractivity contribution in [3.05, 3.63) is 70.8 Å². The highest BCUT2D eigenvalue weighted by Gasteiger charge is 2.28. The molecule has 1 aliphatic rings. The number of nitrogens with zero attached hydrogens (tertiary/aromatic N) is 2. The van der Waals surface area contributed by atoms with Crippen LogP contribution in [0.5, 0.6) is 0 Å². The maximum absolute atomic E-state index is 4.83. The van der Waals surface area contributed by atoms with Crippen LogP contribution in [-0.2, 0) is 0 Å². The molecule has 1 heterocycles. The van der Waals surface area contributed by atoms with E-state index in [1.165, 1.54) is 11.1 Å². The molecule has 2 aromatic carbocycles. The van der Waals surface area contributed by atoms with E-state index in [1.807, 2.05) is 13.8 Å². The van der Waals surface area contributed by atoms with Gasteiger partial charge in [0.05, 0.1) is 11.4 Å². The van der Waals surface area contributed by atoms with Crippen molar-refractivity contribution >= 4 is 11.4 Å². The van der Waals surface area contributed by atoms with Crippen molar-refractivity contribution in [3.63, 3.8) is 0 Å². The van der Waals surface area contributed by atoms with Gasteiger partial charge in [-0.3, -0.25) is 9.98 Å². The largest absolute Gasteiger partial charge is 0.253 e. The molecule has 0 aromatic heterocycles. The second kappa shape index (κ2) is 4.96. The van der Waals surface area contributed by atoms with Gasteiger partial charge in [-0.25, -0.2) is 0 Å². The van der Waals surface area contributed by atoms with E-state index in [4.69, 9.17) is 9.98 Å². The molecule has 21 heavy (non-hydrogen) atoms. The number of hydrogen-bond acceptors (Lipinski definition) is 2. The monoisotopic (exact) mass is 276 g/mol. The summed E-state index contributed by atoms with van der Waals surface area (Å²) in [6.45, 7) is 8.30. The highest BCUT2D eigenvalue weighted by molar-refractivity contribution is 6.54. The number of aryl methyl sites for hydroxylation is 2. The van der Waals surface area contributed by atoms with E-state index in [0.29, 0.717) is 0 Å². The number of hydrogen-bond donors (Lipinski definition) is 0. The fourth-order valence-corrected chi connectivity index (χ4v) is 2.67.